The number of aromatic nitrogens is 1. The van der Waals surface area contributed by atoms with Crippen molar-refractivity contribution in [3.05, 3.63) is 65.0 Å². The summed E-state index contributed by atoms with van der Waals surface area (Å²) in [6, 6.07) is 17.9. The van der Waals surface area contributed by atoms with Gasteiger partial charge in [0, 0.05) is 23.4 Å². The highest BCUT2D eigenvalue weighted by molar-refractivity contribution is 7.16. The maximum atomic E-state index is 10.5. The number of fused-ring (bicyclic) bond motifs is 3. The molecule has 4 rings (SSSR count). The molecule has 0 saturated heterocycles. The molecule has 0 radical (unpaired) electrons. The fraction of sp³-hybridized carbons (Fsp3) is 0.105. The van der Waals surface area contributed by atoms with Crippen LogP contribution in [0.3, 0.4) is 0 Å². The van der Waals surface area contributed by atoms with Gasteiger partial charge in [-0.15, -0.1) is 0 Å². The van der Waals surface area contributed by atoms with E-state index in [-0.39, 0.29) is 0 Å². The molecule has 3 aromatic carbocycles. The van der Waals surface area contributed by atoms with E-state index in [2.05, 4.69) is 10.6 Å². The summed E-state index contributed by atoms with van der Waals surface area (Å²) in [7, 11) is 2.03. The Morgan fingerprint density at radius 3 is 2.35 bits per heavy atom. The average Bonchev–Trinajstić information content (AvgIpc) is 2.91. The number of para-hydroxylation sites is 1. The first kappa shape index (κ1) is 14.0. The average molecular weight is 320 g/mol. The number of aryl methyl sites for hydroxylation is 2. The number of nitrogens with zero attached hydrogens (tertiary/aromatic N) is 2. The Labute approximate surface area is 137 Å². The van der Waals surface area contributed by atoms with E-state index in [1.165, 1.54) is 0 Å². The van der Waals surface area contributed by atoms with Gasteiger partial charge in [0.1, 0.15) is 5.75 Å². The third kappa shape index (κ3) is 2.14. The summed E-state index contributed by atoms with van der Waals surface area (Å²) in [6.45, 7) is 1.97. The predicted molar refractivity (Wildman–Crippen MR) is 96.4 cm³/mol. The van der Waals surface area contributed by atoms with Crippen LogP contribution in [0.1, 0.15) is 5.56 Å². The number of phenolic OH excluding ortho intramolecular Hbond substituents is 1. The van der Waals surface area contributed by atoms with E-state index in [0.717, 1.165) is 37.0 Å². The standard InChI is InChI=1S/C19H16N2OS/c1-12-17(22)15-11-7-6-10-14(15)16-18(12)23-19(21(16)2)20-13-8-4-3-5-9-13/h3-11,22H,1-2H3/b20-19+. The lowest BCUT2D eigenvalue weighted by Crippen LogP contribution is -2.09. The van der Waals surface area contributed by atoms with E-state index in [4.69, 9.17) is 4.99 Å². The molecule has 0 amide bonds. The molecule has 114 valence electrons. The molecular formula is C19H16N2OS. The zero-order valence-electron chi connectivity index (χ0n) is 12.9. The summed E-state index contributed by atoms with van der Waals surface area (Å²) < 4.78 is 3.19. The fourth-order valence-corrected chi connectivity index (χ4v) is 4.08. The second-order valence-corrected chi connectivity index (χ2v) is 6.57. The lowest BCUT2D eigenvalue weighted by atomic mass is 10.0. The Bertz CT molecular complexity index is 1090. The highest BCUT2D eigenvalue weighted by atomic mass is 32.1. The Hall–Kier alpha value is -2.59. The molecule has 0 saturated carbocycles. The molecule has 0 unspecified atom stereocenters. The first-order chi connectivity index (χ1) is 11.2. The number of hydrogen-bond donors (Lipinski definition) is 1. The highest BCUT2D eigenvalue weighted by Gasteiger charge is 2.15. The molecule has 1 aromatic heterocycles. The maximum Gasteiger partial charge on any atom is 0.190 e. The molecular weight excluding hydrogens is 304 g/mol. The van der Waals surface area contributed by atoms with Crippen LogP contribution in [0.2, 0.25) is 0 Å². The van der Waals surface area contributed by atoms with Crippen molar-refractivity contribution in [3.8, 4) is 5.75 Å². The van der Waals surface area contributed by atoms with Gasteiger partial charge in [0.05, 0.1) is 15.9 Å². The summed E-state index contributed by atoms with van der Waals surface area (Å²) in [5.41, 5.74) is 2.96. The second kappa shape index (κ2) is 5.25. The van der Waals surface area contributed by atoms with Crippen LogP contribution >= 0.6 is 11.3 Å². The van der Waals surface area contributed by atoms with Gasteiger partial charge >= 0.3 is 0 Å². The SMILES string of the molecule is Cc1c(O)c2ccccc2c2c1s/c(=N/c1ccccc1)n2C. The molecule has 0 spiro atoms. The van der Waals surface area contributed by atoms with E-state index in [0.29, 0.717) is 5.75 Å². The molecule has 0 fully saturated rings. The topological polar surface area (TPSA) is 37.5 Å². The van der Waals surface area contributed by atoms with Crippen LogP contribution in [0, 0.1) is 6.92 Å². The lowest BCUT2D eigenvalue weighted by Gasteiger charge is -2.08. The van der Waals surface area contributed by atoms with Crippen molar-refractivity contribution in [2.45, 2.75) is 6.92 Å². The molecule has 1 heterocycles. The van der Waals surface area contributed by atoms with Crippen LogP contribution in [-0.2, 0) is 7.05 Å². The molecule has 0 aliphatic heterocycles. The minimum absolute atomic E-state index is 0.362. The van der Waals surface area contributed by atoms with Crippen molar-refractivity contribution in [1.82, 2.24) is 4.57 Å². The summed E-state index contributed by atoms with van der Waals surface area (Å²) in [5, 5.41) is 12.5. The van der Waals surface area contributed by atoms with Gasteiger partial charge in [-0.1, -0.05) is 53.8 Å². The molecule has 23 heavy (non-hydrogen) atoms. The first-order valence-electron chi connectivity index (χ1n) is 7.46. The van der Waals surface area contributed by atoms with Crippen LogP contribution < -0.4 is 4.80 Å². The third-order valence-electron chi connectivity index (χ3n) is 4.14. The van der Waals surface area contributed by atoms with Gasteiger partial charge in [0.2, 0.25) is 0 Å². The van der Waals surface area contributed by atoms with Gasteiger partial charge in [-0.2, -0.15) is 0 Å². The van der Waals surface area contributed by atoms with Crippen molar-refractivity contribution in [2.75, 3.05) is 0 Å². The predicted octanol–water partition coefficient (Wildman–Crippen LogP) is 4.64. The van der Waals surface area contributed by atoms with Crippen molar-refractivity contribution in [2.24, 2.45) is 12.0 Å². The minimum atomic E-state index is 0.362. The molecule has 4 heteroatoms. The monoisotopic (exact) mass is 320 g/mol. The van der Waals surface area contributed by atoms with Gasteiger partial charge in [0.25, 0.3) is 0 Å². The lowest BCUT2D eigenvalue weighted by molar-refractivity contribution is 0.478. The number of aromatic hydroxyl groups is 1. The smallest absolute Gasteiger partial charge is 0.190 e. The zero-order chi connectivity index (χ0) is 16.0. The van der Waals surface area contributed by atoms with Gasteiger partial charge < -0.3 is 9.67 Å². The van der Waals surface area contributed by atoms with E-state index < -0.39 is 0 Å². The maximum absolute atomic E-state index is 10.5. The number of phenols is 1. The number of thiazole rings is 1. The number of rotatable bonds is 1. The third-order valence-corrected chi connectivity index (χ3v) is 5.40. The molecule has 0 aliphatic rings. The van der Waals surface area contributed by atoms with Gasteiger partial charge in [-0.25, -0.2) is 4.99 Å². The summed E-state index contributed by atoms with van der Waals surface area (Å²) in [5.74, 6) is 0.362. The van der Waals surface area contributed by atoms with Crippen molar-refractivity contribution in [3.63, 3.8) is 0 Å². The second-order valence-electron chi connectivity index (χ2n) is 5.59. The quantitative estimate of drug-likeness (QED) is 0.545. The van der Waals surface area contributed by atoms with Crippen LogP contribution in [0.25, 0.3) is 21.0 Å². The zero-order valence-corrected chi connectivity index (χ0v) is 13.8. The molecule has 0 aliphatic carbocycles. The Kier molecular flexibility index (Phi) is 3.20. The molecule has 1 N–H and O–H groups in total. The Morgan fingerprint density at radius 1 is 0.957 bits per heavy atom. The molecule has 3 nitrogen and oxygen atoms in total. The van der Waals surface area contributed by atoms with Gasteiger partial charge in [-0.05, 0) is 19.1 Å². The van der Waals surface area contributed by atoms with Crippen LogP contribution in [0.4, 0.5) is 5.69 Å². The first-order valence-corrected chi connectivity index (χ1v) is 8.28. The highest BCUT2D eigenvalue weighted by Crippen LogP contribution is 2.37. The molecule has 0 atom stereocenters. The number of hydrogen-bond acceptors (Lipinski definition) is 3. The van der Waals surface area contributed by atoms with Gasteiger partial charge in [0.15, 0.2) is 4.80 Å². The largest absolute Gasteiger partial charge is 0.507 e. The van der Waals surface area contributed by atoms with Crippen molar-refractivity contribution in [1.29, 1.82) is 0 Å². The van der Waals surface area contributed by atoms with Gasteiger partial charge in [-0.3, -0.25) is 0 Å². The summed E-state index contributed by atoms with van der Waals surface area (Å²) in [4.78, 5) is 5.68. The normalized spacial score (nSPS) is 12.3. The molecule has 4 aromatic rings. The van der Waals surface area contributed by atoms with Crippen LogP contribution in [-0.4, -0.2) is 9.67 Å². The van der Waals surface area contributed by atoms with E-state index in [1.54, 1.807) is 11.3 Å². The van der Waals surface area contributed by atoms with Crippen molar-refractivity contribution < 1.29 is 5.11 Å². The van der Waals surface area contributed by atoms with Crippen LogP contribution in [0.15, 0.2) is 59.6 Å². The summed E-state index contributed by atoms with van der Waals surface area (Å²) >= 11 is 1.61. The number of benzene rings is 3. The van der Waals surface area contributed by atoms with E-state index in [9.17, 15) is 5.11 Å². The molecule has 0 bridgehead atoms. The Balaban J connectivity index is 2.15. The van der Waals surface area contributed by atoms with Crippen molar-refractivity contribution >= 4 is 38.0 Å². The minimum Gasteiger partial charge on any atom is -0.507 e. The summed E-state index contributed by atoms with van der Waals surface area (Å²) in [6.07, 6.45) is 0. The Morgan fingerprint density at radius 2 is 1.61 bits per heavy atom. The van der Waals surface area contributed by atoms with Crippen LogP contribution in [0.5, 0.6) is 5.75 Å². The fourth-order valence-electron chi connectivity index (χ4n) is 2.93. The van der Waals surface area contributed by atoms with E-state index >= 15 is 0 Å². The van der Waals surface area contributed by atoms with E-state index in [1.807, 2.05) is 62.5 Å².